The van der Waals surface area contributed by atoms with Gasteiger partial charge < -0.3 is 19.9 Å². The van der Waals surface area contributed by atoms with E-state index in [0.717, 1.165) is 57.6 Å². The lowest BCUT2D eigenvalue weighted by Crippen LogP contribution is -2.39. The first-order valence-corrected chi connectivity index (χ1v) is 12.1. The van der Waals surface area contributed by atoms with Gasteiger partial charge in [0.15, 0.2) is 0 Å². The second-order valence-corrected chi connectivity index (χ2v) is 9.27. The lowest BCUT2D eigenvalue weighted by Gasteiger charge is -2.23. The van der Waals surface area contributed by atoms with Gasteiger partial charge in [0, 0.05) is 47.5 Å². The van der Waals surface area contributed by atoms with Crippen LogP contribution >= 0.6 is 11.6 Å². The summed E-state index contributed by atoms with van der Waals surface area (Å²) in [5.74, 6) is 0.579. The molecular weight excluding hydrogens is 464 g/mol. The average Bonchev–Trinajstić information content (AvgIpc) is 3.20. The highest BCUT2D eigenvalue weighted by molar-refractivity contribution is 6.30. The summed E-state index contributed by atoms with van der Waals surface area (Å²) < 4.78 is 10.8. The Hall–Kier alpha value is -3.42. The van der Waals surface area contributed by atoms with E-state index in [4.69, 9.17) is 25.8 Å². The van der Waals surface area contributed by atoms with E-state index in [2.05, 4.69) is 21.9 Å². The minimum atomic E-state index is -0.181. The van der Waals surface area contributed by atoms with Gasteiger partial charge in [0.2, 0.25) is 0 Å². The van der Waals surface area contributed by atoms with Crippen molar-refractivity contribution >= 4 is 34.1 Å². The van der Waals surface area contributed by atoms with Gasteiger partial charge in [0.25, 0.3) is 5.91 Å². The molecule has 5 rings (SSSR count). The maximum Gasteiger partial charge on any atom is 0.270 e. The molecule has 4 aromatic rings. The molecule has 0 atom stereocenters. The molecule has 0 saturated carbocycles. The summed E-state index contributed by atoms with van der Waals surface area (Å²) in [7, 11) is 0. The highest BCUT2D eigenvalue weighted by Crippen LogP contribution is 2.32. The van der Waals surface area contributed by atoms with E-state index in [9.17, 15) is 4.79 Å². The first-order valence-electron chi connectivity index (χ1n) is 11.7. The first kappa shape index (κ1) is 23.3. The zero-order valence-corrected chi connectivity index (χ0v) is 20.5. The van der Waals surface area contributed by atoms with E-state index < -0.39 is 0 Å². The Morgan fingerprint density at radius 3 is 2.69 bits per heavy atom. The molecule has 3 heterocycles. The molecule has 2 aromatic carbocycles. The number of nitrogens with one attached hydrogen (secondary N) is 2. The fourth-order valence-electron chi connectivity index (χ4n) is 4.48. The molecule has 1 aliphatic rings. The summed E-state index contributed by atoms with van der Waals surface area (Å²) in [6.07, 6.45) is 1.61. The highest BCUT2D eigenvalue weighted by Gasteiger charge is 2.20. The van der Waals surface area contributed by atoms with E-state index in [1.807, 2.05) is 56.3 Å². The van der Waals surface area contributed by atoms with Crippen molar-refractivity contribution in [2.75, 3.05) is 18.5 Å². The smallest absolute Gasteiger partial charge is 0.270 e. The molecule has 35 heavy (non-hydrogen) atoms. The number of ether oxygens (including phenoxy) is 1. The van der Waals surface area contributed by atoms with E-state index in [1.165, 1.54) is 0 Å². The van der Waals surface area contributed by atoms with Crippen LogP contribution in [0.25, 0.3) is 22.0 Å². The topological polar surface area (TPSA) is 89.3 Å². The number of nitrogens with zero attached hydrogens (tertiary/aromatic N) is 2. The lowest BCUT2D eigenvalue weighted by molar-refractivity contribution is 0.0694. The molecule has 1 aliphatic heterocycles. The maximum atomic E-state index is 13.1. The summed E-state index contributed by atoms with van der Waals surface area (Å²) >= 11 is 6.17. The predicted molar refractivity (Wildman–Crippen MR) is 137 cm³/mol. The van der Waals surface area contributed by atoms with Crippen molar-refractivity contribution in [3.63, 3.8) is 0 Å². The maximum absolute atomic E-state index is 13.1. The number of hydrogen-bond donors (Lipinski definition) is 2. The van der Waals surface area contributed by atoms with Crippen LogP contribution in [0.15, 0.2) is 53.1 Å². The highest BCUT2D eigenvalue weighted by atomic mass is 35.5. The SMILES string of the molecule is Cc1noc(C)c1-c1ccc2nc(C(=O)NC3CCOCC3)cc(NCc3cccc(Cl)c3)c2c1. The van der Waals surface area contributed by atoms with Crippen LogP contribution in [0.4, 0.5) is 5.69 Å². The summed E-state index contributed by atoms with van der Waals surface area (Å²) in [5.41, 5.74) is 5.75. The third kappa shape index (κ3) is 5.16. The summed E-state index contributed by atoms with van der Waals surface area (Å²) in [5, 5.41) is 12.3. The van der Waals surface area contributed by atoms with Crippen LogP contribution in [0.2, 0.25) is 5.02 Å². The number of fused-ring (bicyclic) bond motifs is 1. The average molecular weight is 491 g/mol. The van der Waals surface area contributed by atoms with Gasteiger partial charge in [-0.25, -0.2) is 4.98 Å². The van der Waals surface area contributed by atoms with Crippen molar-refractivity contribution in [3.05, 3.63) is 76.3 Å². The standard InChI is InChI=1S/C27H27ClN4O3/c1-16-26(17(2)35-32-16)19-6-7-23-22(13-19)24(29-15-18-4-3-5-20(28)12-18)14-25(31-23)27(33)30-21-8-10-34-11-9-21/h3-7,12-14,21H,8-11,15H2,1-2H3,(H,29,31)(H,30,33). The van der Waals surface area contributed by atoms with E-state index in [0.29, 0.717) is 30.5 Å². The normalized spacial score (nSPS) is 14.3. The monoisotopic (exact) mass is 490 g/mol. The Balaban J connectivity index is 1.52. The zero-order chi connectivity index (χ0) is 24.4. The largest absolute Gasteiger partial charge is 0.381 e. The molecule has 1 amide bonds. The van der Waals surface area contributed by atoms with Gasteiger partial charge in [-0.05, 0) is 68.1 Å². The molecule has 0 spiro atoms. The second-order valence-electron chi connectivity index (χ2n) is 8.83. The van der Waals surface area contributed by atoms with Crippen molar-refractivity contribution in [2.24, 2.45) is 0 Å². The number of pyridine rings is 1. The minimum Gasteiger partial charge on any atom is -0.381 e. The molecule has 8 heteroatoms. The number of aryl methyl sites for hydroxylation is 2. The van der Waals surface area contributed by atoms with Gasteiger partial charge in [-0.2, -0.15) is 0 Å². The Labute approximate surface area is 208 Å². The van der Waals surface area contributed by atoms with E-state index >= 15 is 0 Å². The van der Waals surface area contributed by atoms with Gasteiger partial charge >= 0.3 is 0 Å². The van der Waals surface area contributed by atoms with Crippen LogP contribution in [-0.2, 0) is 11.3 Å². The van der Waals surface area contributed by atoms with Crippen molar-refractivity contribution in [3.8, 4) is 11.1 Å². The predicted octanol–water partition coefficient (Wildman–Crippen LogP) is 5.68. The van der Waals surface area contributed by atoms with Crippen LogP contribution in [0.1, 0.15) is 40.3 Å². The summed E-state index contributed by atoms with van der Waals surface area (Å²) in [6.45, 7) is 5.70. The van der Waals surface area contributed by atoms with Crippen LogP contribution < -0.4 is 10.6 Å². The molecule has 0 aliphatic carbocycles. The van der Waals surface area contributed by atoms with Crippen LogP contribution in [0.5, 0.6) is 0 Å². The summed E-state index contributed by atoms with van der Waals surface area (Å²) in [4.78, 5) is 17.8. The van der Waals surface area contributed by atoms with Gasteiger partial charge in [-0.3, -0.25) is 4.79 Å². The number of rotatable bonds is 6. The molecule has 2 aromatic heterocycles. The van der Waals surface area contributed by atoms with Crippen molar-refractivity contribution in [1.29, 1.82) is 0 Å². The van der Waals surface area contributed by atoms with Gasteiger partial charge in [-0.1, -0.05) is 35.0 Å². The van der Waals surface area contributed by atoms with Crippen LogP contribution in [-0.4, -0.2) is 35.3 Å². The number of carbonyl (C=O) groups excluding carboxylic acids is 1. The van der Waals surface area contributed by atoms with Gasteiger partial charge in [-0.15, -0.1) is 0 Å². The molecule has 7 nitrogen and oxygen atoms in total. The number of halogens is 1. The van der Waals surface area contributed by atoms with Crippen molar-refractivity contribution in [1.82, 2.24) is 15.5 Å². The number of anilines is 1. The van der Waals surface area contributed by atoms with Crippen LogP contribution in [0.3, 0.4) is 0 Å². The molecule has 0 unspecified atom stereocenters. The van der Waals surface area contributed by atoms with Crippen molar-refractivity contribution in [2.45, 2.75) is 39.3 Å². The third-order valence-corrected chi connectivity index (χ3v) is 6.53. The molecule has 0 bridgehead atoms. The van der Waals surface area contributed by atoms with Crippen molar-refractivity contribution < 1.29 is 14.1 Å². The molecular formula is C27H27ClN4O3. The summed E-state index contributed by atoms with van der Waals surface area (Å²) in [6, 6.07) is 15.6. The molecule has 2 N–H and O–H groups in total. The van der Waals surface area contributed by atoms with E-state index in [1.54, 1.807) is 0 Å². The number of carbonyl (C=O) groups is 1. The quantitative estimate of drug-likeness (QED) is 0.361. The fraction of sp³-hybridized carbons (Fsp3) is 0.296. The number of benzene rings is 2. The molecule has 0 radical (unpaired) electrons. The van der Waals surface area contributed by atoms with Gasteiger partial charge in [0.05, 0.1) is 11.2 Å². The Morgan fingerprint density at radius 2 is 1.94 bits per heavy atom. The molecule has 180 valence electrons. The second kappa shape index (κ2) is 10.1. The Kier molecular flexibility index (Phi) is 6.70. The number of hydrogen-bond acceptors (Lipinski definition) is 6. The fourth-order valence-corrected chi connectivity index (χ4v) is 4.70. The Bertz CT molecular complexity index is 1360. The Morgan fingerprint density at radius 1 is 1.11 bits per heavy atom. The minimum absolute atomic E-state index is 0.0959. The number of aromatic nitrogens is 2. The van der Waals surface area contributed by atoms with Gasteiger partial charge in [0.1, 0.15) is 11.5 Å². The molecule has 1 fully saturated rings. The zero-order valence-electron chi connectivity index (χ0n) is 19.7. The van der Waals surface area contributed by atoms with E-state index in [-0.39, 0.29) is 11.9 Å². The third-order valence-electron chi connectivity index (χ3n) is 6.29. The first-order chi connectivity index (χ1) is 17.0. The van der Waals surface area contributed by atoms with Crippen LogP contribution in [0, 0.1) is 13.8 Å². The molecule has 1 saturated heterocycles. The number of amides is 1. The lowest BCUT2D eigenvalue weighted by atomic mass is 10.0.